The Hall–Kier alpha value is -2.13. The van der Waals surface area contributed by atoms with Crippen LogP contribution in [-0.4, -0.2) is 23.6 Å². The van der Waals surface area contributed by atoms with Gasteiger partial charge in [0.05, 0.1) is 0 Å². The maximum atomic E-state index is 12.2. The largest absolute Gasteiger partial charge is 0.334 e. The van der Waals surface area contributed by atoms with Gasteiger partial charge in [0.2, 0.25) is 5.78 Å². The van der Waals surface area contributed by atoms with Gasteiger partial charge in [-0.3, -0.25) is 9.59 Å². The van der Waals surface area contributed by atoms with E-state index in [1.807, 2.05) is 37.3 Å². The summed E-state index contributed by atoms with van der Waals surface area (Å²) < 4.78 is 0. The molecule has 0 aliphatic carbocycles. The highest BCUT2D eigenvalue weighted by molar-refractivity contribution is 6.42. The highest BCUT2D eigenvalue weighted by Crippen LogP contribution is 2.17. The van der Waals surface area contributed by atoms with Gasteiger partial charge in [-0.25, -0.2) is 0 Å². The number of ketones is 1. The molecule has 0 spiro atoms. The van der Waals surface area contributed by atoms with Crippen LogP contribution in [0.25, 0.3) is 0 Å². The predicted octanol–water partition coefficient (Wildman–Crippen LogP) is 3.49. The standard InChI is InChI=1S/C17H16ClNO2/c1-12-7-9-13(10-8-12)16(20)17(21)19(2)11-14-5-3-4-6-15(14)18/h3-10H,11H2,1-2H3. The van der Waals surface area contributed by atoms with E-state index in [0.29, 0.717) is 17.1 Å². The lowest BCUT2D eigenvalue weighted by Gasteiger charge is -2.17. The minimum Gasteiger partial charge on any atom is -0.334 e. The number of rotatable bonds is 4. The number of nitrogens with zero attached hydrogens (tertiary/aromatic N) is 1. The second-order valence-electron chi connectivity index (χ2n) is 4.95. The zero-order chi connectivity index (χ0) is 15.4. The summed E-state index contributed by atoms with van der Waals surface area (Å²) in [6.45, 7) is 2.23. The topological polar surface area (TPSA) is 37.4 Å². The Morgan fingerprint density at radius 2 is 1.67 bits per heavy atom. The molecule has 1 amide bonds. The Labute approximate surface area is 129 Å². The molecule has 4 heteroatoms. The number of amides is 1. The van der Waals surface area contributed by atoms with Gasteiger partial charge in [-0.05, 0) is 18.6 Å². The maximum absolute atomic E-state index is 12.2. The second-order valence-corrected chi connectivity index (χ2v) is 5.35. The van der Waals surface area contributed by atoms with Crippen LogP contribution in [0.1, 0.15) is 21.5 Å². The molecule has 0 unspecified atom stereocenters. The summed E-state index contributed by atoms with van der Waals surface area (Å²) in [6, 6.07) is 14.2. The smallest absolute Gasteiger partial charge is 0.295 e. The average Bonchev–Trinajstić information content (AvgIpc) is 2.49. The van der Waals surface area contributed by atoms with Crippen LogP contribution in [0, 0.1) is 6.92 Å². The van der Waals surface area contributed by atoms with Crippen LogP contribution >= 0.6 is 11.6 Å². The summed E-state index contributed by atoms with van der Waals surface area (Å²) >= 11 is 6.06. The number of halogens is 1. The van der Waals surface area contributed by atoms with Gasteiger partial charge in [0, 0.05) is 24.2 Å². The number of benzene rings is 2. The Balaban J connectivity index is 2.10. The molecular formula is C17H16ClNO2. The van der Waals surface area contributed by atoms with E-state index in [0.717, 1.165) is 11.1 Å². The molecule has 0 bridgehead atoms. The summed E-state index contributed by atoms with van der Waals surface area (Å²) in [4.78, 5) is 25.7. The first-order valence-electron chi connectivity index (χ1n) is 6.59. The van der Waals surface area contributed by atoms with Crippen LogP contribution in [0.5, 0.6) is 0 Å². The summed E-state index contributed by atoms with van der Waals surface area (Å²) in [5, 5.41) is 0.583. The molecule has 2 rings (SSSR count). The maximum Gasteiger partial charge on any atom is 0.295 e. The fourth-order valence-electron chi connectivity index (χ4n) is 1.96. The summed E-state index contributed by atoms with van der Waals surface area (Å²) in [6.07, 6.45) is 0. The van der Waals surface area contributed by atoms with E-state index in [4.69, 9.17) is 11.6 Å². The van der Waals surface area contributed by atoms with Crippen molar-refractivity contribution in [2.24, 2.45) is 0 Å². The number of aryl methyl sites for hydroxylation is 1. The third-order valence-electron chi connectivity index (χ3n) is 3.22. The molecule has 0 aliphatic heterocycles. The lowest BCUT2D eigenvalue weighted by molar-refractivity contribution is -0.125. The SMILES string of the molecule is Cc1ccc(C(=O)C(=O)N(C)Cc2ccccc2Cl)cc1. The second kappa shape index (κ2) is 6.55. The van der Waals surface area contributed by atoms with Crippen LogP contribution in [0.4, 0.5) is 0 Å². The van der Waals surface area contributed by atoms with E-state index < -0.39 is 11.7 Å². The number of carbonyl (C=O) groups excluding carboxylic acids is 2. The number of carbonyl (C=O) groups is 2. The van der Waals surface area contributed by atoms with Gasteiger partial charge in [-0.2, -0.15) is 0 Å². The van der Waals surface area contributed by atoms with E-state index in [9.17, 15) is 9.59 Å². The quantitative estimate of drug-likeness (QED) is 0.640. The lowest BCUT2D eigenvalue weighted by Crippen LogP contribution is -2.33. The van der Waals surface area contributed by atoms with Crippen LogP contribution in [0.15, 0.2) is 48.5 Å². The molecule has 2 aromatic carbocycles. The van der Waals surface area contributed by atoms with Crippen LogP contribution in [0.3, 0.4) is 0 Å². The van der Waals surface area contributed by atoms with Crippen molar-refractivity contribution in [3.05, 3.63) is 70.2 Å². The van der Waals surface area contributed by atoms with Crippen molar-refractivity contribution in [3.8, 4) is 0 Å². The zero-order valence-corrected chi connectivity index (χ0v) is 12.7. The Kier molecular flexibility index (Phi) is 4.76. The van der Waals surface area contributed by atoms with Gasteiger partial charge in [0.15, 0.2) is 0 Å². The Morgan fingerprint density at radius 3 is 2.29 bits per heavy atom. The van der Waals surface area contributed by atoms with Crippen LogP contribution in [-0.2, 0) is 11.3 Å². The molecule has 0 aliphatic rings. The number of hydrogen-bond donors (Lipinski definition) is 0. The first-order chi connectivity index (χ1) is 9.99. The van der Waals surface area contributed by atoms with E-state index in [-0.39, 0.29) is 0 Å². The fourth-order valence-corrected chi connectivity index (χ4v) is 2.15. The monoisotopic (exact) mass is 301 g/mol. The normalized spacial score (nSPS) is 10.2. The summed E-state index contributed by atoms with van der Waals surface area (Å²) in [7, 11) is 1.59. The molecule has 0 fully saturated rings. The van der Waals surface area contributed by atoms with Crippen molar-refractivity contribution in [3.63, 3.8) is 0 Å². The van der Waals surface area contributed by atoms with Crippen molar-refractivity contribution in [1.82, 2.24) is 4.90 Å². The minimum absolute atomic E-state index is 0.302. The van der Waals surface area contributed by atoms with Crippen LogP contribution in [0.2, 0.25) is 5.02 Å². The number of likely N-dealkylation sites (N-methyl/N-ethyl adjacent to an activating group) is 1. The van der Waals surface area contributed by atoms with Gasteiger partial charge in [-0.1, -0.05) is 59.6 Å². The third kappa shape index (κ3) is 3.70. The highest BCUT2D eigenvalue weighted by atomic mass is 35.5. The molecule has 2 aromatic rings. The molecule has 0 heterocycles. The molecular weight excluding hydrogens is 286 g/mol. The summed E-state index contributed by atoms with van der Waals surface area (Å²) in [5.41, 5.74) is 2.26. The fraction of sp³-hybridized carbons (Fsp3) is 0.176. The van der Waals surface area contributed by atoms with Crippen molar-refractivity contribution >= 4 is 23.3 Å². The Bertz CT molecular complexity index is 665. The first-order valence-corrected chi connectivity index (χ1v) is 6.96. The minimum atomic E-state index is -0.543. The molecule has 0 aromatic heterocycles. The van der Waals surface area contributed by atoms with Crippen molar-refractivity contribution in [2.45, 2.75) is 13.5 Å². The molecule has 21 heavy (non-hydrogen) atoms. The molecule has 0 saturated carbocycles. The molecule has 3 nitrogen and oxygen atoms in total. The van der Waals surface area contributed by atoms with E-state index >= 15 is 0 Å². The molecule has 0 N–H and O–H groups in total. The van der Waals surface area contributed by atoms with E-state index in [2.05, 4.69) is 0 Å². The number of Topliss-reactive ketones (excluding diaryl/α,β-unsaturated/α-hetero) is 1. The lowest BCUT2D eigenvalue weighted by atomic mass is 10.1. The van der Waals surface area contributed by atoms with Crippen molar-refractivity contribution in [1.29, 1.82) is 0 Å². The molecule has 0 saturated heterocycles. The summed E-state index contributed by atoms with van der Waals surface area (Å²) in [5.74, 6) is -1.05. The molecule has 0 radical (unpaired) electrons. The highest BCUT2D eigenvalue weighted by Gasteiger charge is 2.20. The molecule has 108 valence electrons. The number of hydrogen-bond acceptors (Lipinski definition) is 2. The van der Waals surface area contributed by atoms with Gasteiger partial charge >= 0.3 is 0 Å². The predicted molar refractivity (Wildman–Crippen MR) is 83.4 cm³/mol. The average molecular weight is 302 g/mol. The first kappa shape index (κ1) is 15.3. The van der Waals surface area contributed by atoms with Gasteiger partial charge in [-0.15, -0.1) is 0 Å². The van der Waals surface area contributed by atoms with Gasteiger partial charge in [0.1, 0.15) is 0 Å². The molecule has 0 atom stereocenters. The third-order valence-corrected chi connectivity index (χ3v) is 3.59. The van der Waals surface area contributed by atoms with Gasteiger partial charge < -0.3 is 4.90 Å². The van der Waals surface area contributed by atoms with E-state index in [1.165, 1.54) is 4.90 Å². The Morgan fingerprint density at radius 1 is 1.05 bits per heavy atom. The van der Waals surface area contributed by atoms with Crippen molar-refractivity contribution < 1.29 is 9.59 Å². The zero-order valence-electron chi connectivity index (χ0n) is 12.0. The van der Waals surface area contributed by atoms with Crippen molar-refractivity contribution in [2.75, 3.05) is 7.05 Å². The van der Waals surface area contributed by atoms with Crippen LogP contribution < -0.4 is 0 Å². The van der Waals surface area contributed by atoms with Gasteiger partial charge in [0.25, 0.3) is 5.91 Å². The van der Waals surface area contributed by atoms with E-state index in [1.54, 1.807) is 25.2 Å².